The molecule has 6 nitrogen and oxygen atoms in total. The number of nitrogens with one attached hydrogen (secondary N) is 1. The van der Waals surface area contributed by atoms with E-state index >= 15 is 0 Å². The average molecular weight is 337 g/mol. The molecule has 0 saturated carbocycles. The minimum absolute atomic E-state index is 0.0199. The number of aromatic nitrogens is 1. The van der Waals surface area contributed by atoms with Crippen LogP contribution in [0, 0.1) is 0 Å². The highest BCUT2D eigenvalue weighted by Crippen LogP contribution is 2.20. The summed E-state index contributed by atoms with van der Waals surface area (Å²) in [5.74, 6) is 0.418. The molecular weight excluding hydrogens is 314 g/mol. The number of hydrogen-bond acceptors (Lipinski definition) is 6. The molecule has 23 heavy (non-hydrogen) atoms. The maximum Gasteiger partial charge on any atom is 0.153 e. The fourth-order valence-corrected chi connectivity index (χ4v) is 5.23. The molecule has 0 amide bonds. The van der Waals surface area contributed by atoms with Crippen LogP contribution in [0.1, 0.15) is 11.4 Å². The summed E-state index contributed by atoms with van der Waals surface area (Å²) in [5.41, 5.74) is 1.72. The molecule has 1 aromatic heterocycles. The predicted molar refractivity (Wildman–Crippen MR) is 89.8 cm³/mol. The summed E-state index contributed by atoms with van der Waals surface area (Å²) in [5, 5.41) is 3.39. The van der Waals surface area contributed by atoms with Crippen LogP contribution in [0.4, 0.5) is 0 Å². The molecule has 2 saturated heterocycles. The van der Waals surface area contributed by atoms with E-state index in [0.29, 0.717) is 19.8 Å². The molecule has 2 unspecified atom stereocenters. The Kier molecular flexibility index (Phi) is 5.11. The van der Waals surface area contributed by atoms with Gasteiger partial charge in [-0.25, -0.2) is 8.42 Å². The van der Waals surface area contributed by atoms with Crippen molar-refractivity contribution in [3.05, 3.63) is 36.2 Å². The zero-order chi connectivity index (χ0) is 16.3. The Hall–Kier alpha value is -1.28. The summed E-state index contributed by atoms with van der Waals surface area (Å²) in [4.78, 5) is 6.70. The van der Waals surface area contributed by atoms with E-state index in [1.807, 2.05) is 18.2 Å². The van der Waals surface area contributed by atoms with Crippen LogP contribution in [-0.2, 0) is 21.1 Å². The second-order valence-electron chi connectivity index (χ2n) is 6.04. The largest absolute Gasteiger partial charge is 0.379 e. The first-order valence-electron chi connectivity index (χ1n) is 7.91. The van der Waals surface area contributed by atoms with Crippen LogP contribution in [0.5, 0.6) is 0 Å². The van der Waals surface area contributed by atoms with Crippen LogP contribution in [0.3, 0.4) is 0 Å². The summed E-state index contributed by atoms with van der Waals surface area (Å²) in [6.45, 7) is 7.21. The van der Waals surface area contributed by atoms with Crippen molar-refractivity contribution in [2.75, 3.05) is 37.8 Å². The van der Waals surface area contributed by atoms with Gasteiger partial charge in [-0.1, -0.05) is 12.6 Å². The van der Waals surface area contributed by atoms with Gasteiger partial charge in [0, 0.05) is 31.7 Å². The standard InChI is InChI=1S/C16H23N3O3S/c1-2-13-4-3-5-14(18-13)10-17-15-11-23(20,21)12-16(15)19-6-8-22-9-7-19/h2-5,15-17H,1,6-12H2. The summed E-state index contributed by atoms with van der Waals surface area (Å²) in [6, 6.07) is 5.73. The van der Waals surface area contributed by atoms with Crippen LogP contribution in [0.25, 0.3) is 6.08 Å². The number of sulfone groups is 1. The fraction of sp³-hybridized carbons (Fsp3) is 0.562. The first-order valence-corrected chi connectivity index (χ1v) is 9.73. The minimum Gasteiger partial charge on any atom is -0.379 e. The van der Waals surface area contributed by atoms with Gasteiger partial charge in [0.05, 0.1) is 36.1 Å². The van der Waals surface area contributed by atoms with Crippen molar-refractivity contribution < 1.29 is 13.2 Å². The first-order chi connectivity index (χ1) is 11.1. The van der Waals surface area contributed by atoms with E-state index in [1.165, 1.54) is 0 Å². The van der Waals surface area contributed by atoms with Crippen LogP contribution < -0.4 is 5.32 Å². The molecule has 0 bridgehead atoms. The van der Waals surface area contributed by atoms with Gasteiger partial charge >= 0.3 is 0 Å². The molecule has 3 heterocycles. The maximum atomic E-state index is 12.1. The highest BCUT2D eigenvalue weighted by molar-refractivity contribution is 7.91. The molecule has 2 atom stereocenters. The normalized spacial score (nSPS) is 27.8. The molecular formula is C16H23N3O3S. The van der Waals surface area contributed by atoms with Gasteiger partial charge in [0.1, 0.15) is 0 Å². The molecule has 1 aromatic rings. The minimum atomic E-state index is -2.99. The summed E-state index contributed by atoms with van der Waals surface area (Å²) in [6.07, 6.45) is 1.71. The number of rotatable bonds is 5. The van der Waals surface area contributed by atoms with E-state index < -0.39 is 9.84 Å². The van der Waals surface area contributed by atoms with Gasteiger partial charge in [0.15, 0.2) is 9.84 Å². The lowest BCUT2D eigenvalue weighted by Gasteiger charge is -2.35. The summed E-state index contributed by atoms with van der Waals surface area (Å²) in [7, 11) is -2.99. The van der Waals surface area contributed by atoms with E-state index in [-0.39, 0.29) is 23.6 Å². The van der Waals surface area contributed by atoms with Crippen LogP contribution >= 0.6 is 0 Å². The highest BCUT2D eigenvalue weighted by Gasteiger charge is 2.40. The molecule has 126 valence electrons. The third-order valence-corrected chi connectivity index (χ3v) is 6.14. The first kappa shape index (κ1) is 16.6. The van der Waals surface area contributed by atoms with E-state index in [2.05, 4.69) is 21.8 Å². The zero-order valence-electron chi connectivity index (χ0n) is 13.1. The lowest BCUT2D eigenvalue weighted by atomic mass is 10.1. The molecule has 2 aliphatic rings. The van der Waals surface area contributed by atoms with E-state index in [9.17, 15) is 8.42 Å². The number of pyridine rings is 1. The molecule has 3 rings (SSSR count). The molecule has 7 heteroatoms. The Bertz CT molecular complexity index is 656. The summed E-state index contributed by atoms with van der Waals surface area (Å²) < 4.78 is 29.5. The van der Waals surface area contributed by atoms with Gasteiger partial charge in [0.2, 0.25) is 0 Å². The Morgan fingerprint density at radius 3 is 2.87 bits per heavy atom. The maximum absolute atomic E-state index is 12.1. The SMILES string of the molecule is C=Cc1cccc(CNC2CS(=O)(=O)CC2N2CCOCC2)n1. The van der Waals surface area contributed by atoms with Crippen molar-refractivity contribution in [1.29, 1.82) is 0 Å². The number of nitrogens with zero attached hydrogens (tertiary/aromatic N) is 2. The van der Waals surface area contributed by atoms with Crippen molar-refractivity contribution >= 4 is 15.9 Å². The molecule has 0 aromatic carbocycles. The van der Waals surface area contributed by atoms with Gasteiger partial charge < -0.3 is 10.1 Å². The lowest BCUT2D eigenvalue weighted by Crippen LogP contribution is -2.52. The third kappa shape index (κ3) is 4.17. The number of ether oxygens (including phenoxy) is 1. The van der Waals surface area contributed by atoms with Gasteiger partial charge in [-0.2, -0.15) is 0 Å². The van der Waals surface area contributed by atoms with Crippen molar-refractivity contribution in [3.63, 3.8) is 0 Å². The summed E-state index contributed by atoms with van der Waals surface area (Å²) >= 11 is 0. The third-order valence-electron chi connectivity index (χ3n) is 4.42. The average Bonchev–Trinajstić information content (AvgIpc) is 2.89. The Balaban J connectivity index is 1.67. The quantitative estimate of drug-likeness (QED) is 0.834. The fourth-order valence-electron chi connectivity index (χ4n) is 3.24. The van der Waals surface area contributed by atoms with Crippen LogP contribution in [-0.4, -0.2) is 68.2 Å². The molecule has 0 aliphatic carbocycles. The Labute approximate surface area is 137 Å². The van der Waals surface area contributed by atoms with Gasteiger partial charge in [-0.05, 0) is 18.2 Å². The van der Waals surface area contributed by atoms with Crippen molar-refractivity contribution in [2.24, 2.45) is 0 Å². The molecule has 0 spiro atoms. The lowest BCUT2D eigenvalue weighted by molar-refractivity contribution is 0.0162. The molecule has 2 aliphatic heterocycles. The topological polar surface area (TPSA) is 71.5 Å². The van der Waals surface area contributed by atoms with E-state index in [4.69, 9.17) is 4.74 Å². The van der Waals surface area contributed by atoms with Gasteiger partial charge in [-0.3, -0.25) is 9.88 Å². The number of morpholine rings is 1. The molecule has 0 radical (unpaired) electrons. The van der Waals surface area contributed by atoms with E-state index in [1.54, 1.807) is 6.08 Å². The van der Waals surface area contributed by atoms with Crippen molar-refractivity contribution in [2.45, 2.75) is 18.6 Å². The molecule has 1 N–H and O–H groups in total. The van der Waals surface area contributed by atoms with Crippen LogP contribution in [0.15, 0.2) is 24.8 Å². The Morgan fingerprint density at radius 1 is 1.35 bits per heavy atom. The zero-order valence-corrected chi connectivity index (χ0v) is 14.0. The van der Waals surface area contributed by atoms with E-state index in [0.717, 1.165) is 24.5 Å². The van der Waals surface area contributed by atoms with Gasteiger partial charge in [-0.15, -0.1) is 0 Å². The van der Waals surface area contributed by atoms with Gasteiger partial charge in [0.25, 0.3) is 0 Å². The van der Waals surface area contributed by atoms with Crippen molar-refractivity contribution in [3.8, 4) is 0 Å². The monoisotopic (exact) mass is 337 g/mol. The van der Waals surface area contributed by atoms with Crippen LogP contribution in [0.2, 0.25) is 0 Å². The number of hydrogen-bond donors (Lipinski definition) is 1. The second-order valence-corrected chi connectivity index (χ2v) is 8.19. The molecule has 2 fully saturated rings. The predicted octanol–water partition coefficient (Wildman–Crippen LogP) is 0.312. The highest BCUT2D eigenvalue weighted by atomic mass is 32.2. The second kappa shape index (κ2) is 7.09. The Morgan fingerprint density at radius 2 is 2.13 bits per heavy atom. The van der Waals surface area contributed by atoms with Crippen molar-refractivity contribution in [1.82, 2.24) is 15.2 Å². The smallest absolute Gasteiger partial charge is 0.153 e.